The number of amides is 1. The first-order valence-electron chi connectivity index (χ1n) is 13.4. The first kappa shape index (κ1) is 27.8. The summed E-state index contributed by atoms with van der Waals surface area (Å²) < 4.78 is 11.1. The summed E-state index contributed by atoms with van der Waals surface area (Å²) in [6, 6.07) is 19.2. The fourth-order valence-corrected chi connectivity index (χ4v) is 4.94. The molecule has 1 fully saturated rings. The van der Waals surface area contributed by atoms with Crippen molar-refractivity contribution in [2.45, 2.75) is 40.2 Å². The molecule has 1 saturated heterocycles. The van der Waals surface area contributed by atoms with Crippen LogP contribution in [0.3, 0.4) is 0 Å². The highest BCUT2D eigenvalue weighted by Gasteiger charge is 2.47. The number of nitrogens with zero attached hydrogens (tertiary/aromatic N) is 2. The maximum atomic E-state index is 13.5. The summed E-state index contributed by atoms with van der Waals surface area (Å²) in [6.45, 7) is 10.4. The molecule has 1 N–H and O–H groups in total. The number of anilines is 2. The van der Waals surface area contributed by atoms with Crippen molar-refractivity contribution in [2.24, 2.45) is 0 Å². The van der Waals surface area contributed by atoms with E-state index in [1.807, 2.05) is 50.2 Å². The number of aryl methyl sites for hydroxylation is 1. The maximum Gasteiger partial charge on any atom is 0.300 e. The number of carbonyl (C=O) groups is 2. The van der Waals surface area contributed by atoms with Gasteiger partial charge in [-0.3, -0.25) is 14.5 Å². The Morgan fingerprint density at radius 1 is 0.949 bits per heavy atom. The van der Waals surface area contributed by atoms with Gasteiger partial charge in [-0.05, 0) is 92.9 Å². The molecule has 0 spiro atoms. The third-order valence-electron chi connectivity index (χ3n) is 7.04. The van der Waals surface area contributed by atoms with E-state index < -0.39 is 17.7 Å². The molecule has 1 heterocycles. The zero-order valence-corrected chi connectivity index (χ0v) is 23.2. The van der Waals surface area contributed by atoms with Gasteiger partial charge in [0.2, 0.25) is 0 Å². The normalized spacial score (nSPS) is 16.4. The van der Waals surface area contributed by atoms with Crippen LogP contribution in [0.2, 0.25) is 0 Å². The van der Waals surface area contributed by atoms with E-state index in [9.17, 15) is 14.7 Å². The maximum absolute atomic E-state index is 13.5. The lowest BCUT2D eigenvalue weighted by Gasteiger charge is -2.27. The second-order valence-corrected chi connectivity index (χ2v) is 9.46. The topological polar surface area (TPSA) is 79.3 Å². The fourth-order valence-electron chi connectivity index (χ4n) is 4.94. The lowest BCUT2D eigenvalue weighted by atomic mass is 9.94. The van der Waals surface area contributed by atoms with E-state index in [4.69, 9.17) is 9.47 Å². The van der Waals surface area contributed by atoms with Crippen LogP contribution >= 0.6 is 0 Å². The SMILES string of the molecule is CCCOc1ccc(/C(O)=C2/C(=O)C(=O)N(c3ccc(N(CC)CC)cc3)C2c2ccc(OC)cc2)cc1C. The molecule has 1 unspecified atom stereocenters. The zero-order chi connectivity index (χ0) is 28.1. The smallest absolute Gasteiger partial charge is 0.300 e. The van der Waals surface area contributed by atoms with E-state index in [2.05, 4.69) is 18.7 Å². The number of benzene rings is 3. The van der Waals surface area contributed by atoms with Gasteiger partial charge >= 0.3 is 0 Å². The summed E-state index contributed by atoms with van der Waals surface area (Å²) in [4.78, 5) is 30.7. The van der Waals surface area contributed by atoms with Crippen LogP contribution in [0.15, 0.2) is 72.3 Å². The molecule has 0 aromatic heterocycles. The summed E-state index contributed by atoms with van der Waals surface area (Å²) >= 11 is 0. The molecular weight excluding hydrogens is 492 g/mol. The van der Waals surface area contributed by atoms with Gasteiger partial charge in [0, 0.05) is 30.0 Å². The second-order valence-electron chi connectivity index (χ2n) is 9.46. The molecular formula is C32H36N2O5. The van der Waals surface area contributed by atoms with Crippen molar-refractivity contribution in [1.29, 1.82) is 0 Å². The minimum Gasteiger partial charge on any atom is -0.507 e. The van der Waals surface area contributed by atoms with Crippen molar-refractivity contribution in [1.82, 2.24) is 0 Å². The molecule has 39 heavy (non-hydrogen) atoms. The minimum absolute atomic E-state index is 0.0413. The summed E-state index contributed by atoms with van der Waals surface area (Å²) in [5.41, 5.74) is 3.61. The number of rotatable bonds is 10. The molecule has 1 aliphatic heterocycles. The molecule has 204 valence electrons. The number of ketones is 1. The first-order chi connectivity index (χ1) is 18.8. The lowest BCUT2D eigenvalue weighted by Crippen LogP contribution is -2.29. The minimum atomic E-state index is -0.813. The van der Waals surface area contributed by atoms with Crippen LogP contribution in [0.4, 0.5) is 11.4 Å². The number of aliphatic hydroxyl groups is 1. The fraction of sp³-hybridized carbons (Fsp3) is 0.312. The molecule has 1 amide bonds. The van der Waals surface area contributed by atoms with Crippen molar-refractivity contribution in [3.05, 3.63) is 89.0 Å². The Morgan fingerprint density at radius 2 is 1.62 bits per heavy atom. The van der Waals surface area contributed by atoms with Crippen molar-refractivity contribution in [3.63, 3.8) is 0 Å². The number of aliphatic hydroxyl groups excluding tert-OH is 1. The number of methoxy groups -OCH3 is 1. The second kappa shape index (κ2) is 12.1. The van der Waals surface area contributed by atoms with Gasteiger partial charge < -0.3 is 19.5 Å². The van der Waals surface area contributed by atoms with Crippen molar-refractivity contribution < 1.29 is 24.2 Å². The Labute approximate surface area is 230 Å². The average molecular weight is 529 g/mol. The van der Waals surface area contributed by atoms with Gasteiger partial charge in [-0.25, -0.2) is 0 Å². The third kappa shape index (κ3) is 5.48. The molecule has 7 heteroatoms. The summed E-state index contributed by atoms with van der Waals surface area (Å²) in [6.07, 6.45) is 0.877. The number of hydrogen-bond donors (Lipinski definition) is 1. The Bertz CT molecular complexity index is 1360. The van der Waals surface area contributed by atoms with Crippen LogP contribution in [0.1, 0.15) is 49.9 Å². The first-order valence-corrected chi connectivity index (χ1v) is 13.4. The van der Waals surface area contributed by atoms with Gasteiger partial charge in [0.1, 0.15) is 17.3 Å². The molecule has 3 aromatic rings. The molecule has 1 aliphatic rings. The number of hydrogen-bond acceptors (Lipinski definition) is 6. The van der Waals surface area contributed by atoms with Gasteiger partial charge in [-0.15, -0.1) is 0 Å². The number of carbonyl (C=O) groups excluding carboxylic acids is 2. The molecule has 0 aliphatic carbocycles. The van der Waals surface area contributed by atoms with Crippen LogP contribution in [-0.2, 0) is 9.59 Å². The average Bonchev–Trinajstić information content (AvgIpc) is 3.23. The molecule has 0 radical (unpaired) electrons. The zero-order valence-electron chi connectivity index (χ0n) is 23.2. The van der Waals surface area contributed by atoms with Gasteiger partial charge in [-0.2, -0.15) is 0 Å². The van der Waals surface area contributed by atoms with Crippen molar-refractivity contribution >= 4 is 28.8 Å². The molecule has 1 atom stereocenters. The Hall–Kier alpha value is -4.26. The van der Waals surface area contributed by atoms with E-state index in [-0.39, 0.29) is 11.3 Å². The van der Waals surface area contributed by atoms with E-state index in [1.165, 1.54) is 4.90 Å². The van der Waals surface area contributed by atoms with E-state index in [1.54, 1.807) is 37.4 Å². The lowest BCUT2D eigenvalue weighted by molar-refractivity contribution is -0.132. The highest BCUT2D eigenvalue weighted by atomic mass is 16.5. The largest absolute Gasteiger partial charge is 0.507 e. The van der Waals surface area contributed by atoms with Crippen LogP contribution in [0.5, 0.6) is 11.5 Å². The number of Topliss-reactive ketones (excluding diaryl/α,β-unsaturated/α-hetero) is 1. The molecule has 0 bridgehead atoms. The monoisotopic (exact) mass is 528 g/mol. The molecule has 3 aromatic carbocycles. The molecule has 4 rings (SSSR count). The summed E-state index contributed by atoms with van der Waals surface area (Å²) in [5.74, 6) is -0.273. The van der Waals surface area contributed by atoms with Crippen LogP contribution < -0.4 is 19.3 Å². The van der Waals surface area contributed by atoms with E-state index in [0.717, 1.165) is 30.8 Å². The summed E-state index contributed by atoms with van der Waals surface area (Å²) in [5, 5.41) is 11.5. The van der Waals surface area contributed by atoms with Crippen molar-refractivity contribution in [2.75, 3.05) is 36.6 Å². The van der Waals surface area contributed by atoms with E-state index in [0.29, 0.717) is 34.9 Å². The standard InChI is InChI=1S/C32H36N2O5/c1-6-19-39-27-18-11-23(20-21(27)4)30(35)28-29(22-9-16-26(38-5)17-10-22)34(32(37)31(28)36)25-14-12-24(13-15-25)33(7-2)8-3/h9-18,20,29,35H,6-8,19H2,1-5H3/b30-28-. The van der Waals surface area contributed by atoms with Gasteiger partial charge in [0.25, 0.3) is 11.7 Å². The van der Waals surface area contributed by atoms with Crippen LogP contribution in [-0.4, -0.2) is 43.6 Å². The van der Waals surface area contributed by atoms with Crippen molar-refractivity contribution in [3.8, 4) is 11.5 Å². The Morgan fingerprint density at radius 3 is 2.18 bits per heavy atom. The van der Waals surface area contributed by atoms with E-state index >= 15 is 0 Å². The predicted octanol–water partition coefficient (Wildman–Crippen LogP) is 6.26. The van der Waals surface area contributed by atoms with Gasteiger partial charge in [-0.1, -0.05) is 19.1 Å². The predicted molar refractivity (Wildman–Crippen MR) is 155 cm³/mol. The molecule has 0 saturated carbocycles. The number of ether oxygens (including phenoxy) is 2. The van der Waals surface area contributed by atoms with Gasteiger partial charge in [0.05, 0.1) is 25.3 Å². The van der Waals surface area contributed by atoms with Crippen LogP contribution in [0.25, 0.3) is 5.76 Å². The van der Waals surface area contributed by atoms with Gasteiger partial charge in [0.15, 0.2) is 0 Å². The molecule has 7 nitrogen and oxygen atoms in total. The highest BCUT2D eigenvalue weighted by molar-refractivity contribution is 6.51. The Kier molecular flexibility index (Phi) is 8.59. The van der Waals surface area contributed by atoms with Crippen LogP contribution in [0, 0.1) is 6.92 Å². The Balaban J connectivity index is 1.83. The quantitative estimate of drug-likeness (QED) is 0.190. The summed E-state index contributed by atoms with van der Waals surface area (Å²) in [7, 11) is 1.58. The third-order valence-corrected chi connectivity index (χ3v) is 7.04. The highest BCUT2D eigenvalue weighted by Crippen LogP contribution is 2.43.